The van der Waals surface area contributed by atoms with E-state index >= 15 is 0 Å². The third-order valence-corrected chi connectivity index (χ3v) is 4.36. The first-order valence-corrected chi connectivity index (χ1v) is 8.76. The molecule has 0 fully saturated rings. The van der Waals surface area contributed by atoms with Crippen molar-refractivity contribution in [3.63, 3.8) is 0 Å². The molecule has 0 aliphatic rings. The van der Waals surface area contributed by atoms with Gasteiger partial charge in [0, 0.05) is 25.2 Å². The van der Waals surface area contributed by atoms with Crippen LogP contribution in [0.2, 0.25) is 0 Å². The number of nitrogens with zero attached hydrogens (tertiary/aromatic N) is 2. The highest BCUT2D eigenvalue weighted by Crippen LogP contribution is 2.18. The highest BCUT2D eigenvalue weighted by atomic mass is 16.4. The second-order valence-corrected chi connectivity index (χ2v) is 6.25. The summed E-state index contributed by atoms with van der Waals surface area (Å²) in [6, 6.07) is 14.9. The third-order valence-electron chi connectivity index (χ3n) is 4.36. The van der Waals surface area contributed by atoms with Gasteiger partial charge in [-0.05, 0) is 37.6 Å². The van der Waals surface area contributed by atoms with Crippen LogP contribution >= 0.6 is 0 Å². The molecule has 0 unspecified atom stereocenters. The molecule has 3 rings (SSSR count). The van der Waals surface area contributed by atoms with E-state index in [9.17, 15) is 9.90 Å². The van der Waals surface area contributed by atoms with E-state index in [0.29, 0.717) is 24.4 Å². The van der Waals surface area contributed by atoms with Gasteiger partial charge < -0.3 is 9.52 Å². The smallest absolute Gasteiger partial charge is 0.419 e. The van der Waals surface area contributed by atoms with E-state index in [0.717, 1.165) is 37.0 Å². The molecule has 5 nitrogen and oxygen atoms in total. The lowest BCUT2D eigenvalue weighted by Crippen LogP contribution is -2.27. The predicted octanol–water partition coefficient (Wildman–Crippen LogP) is 3.60. The zero-order chi connectivity index (χ0) is 17.6. The molecule has 1 N–H and O–H groups in total. The number of benzene rings is 2. The molecule has 25 heavy (non-hydrogen) atoms. The van der Waals surface area contributed by atoms with Crippen molar-refractivity contribution in [2.45, 2.75) is 32.9 Å². The zero-order valence-electron chi connectivity index (χ0n) is 14.5. The summed E-state index contributed by atoms with van der Waals surface area (Å²) in [6.45, 7) is 5.29. The van der Waals surface area contributed by atoms with Crippen LogP contribution in [0, 0.1) is 0 Å². The quantitative estimate of drug-likeness (QED) is 0.681. The van der Waals surface area contributed by atoms with Gasteiger partial charge in [0.25, 0.3) is 0 Å². The number of aromatic hydroxyl groups is 1. The summed E-state index contributed by atoms with van der Waals surface area (Å²) >= 11 is 0. The average molecular weight is 340 g/mol. The van der Waals surface area contributed by atoms with Gasteiger partial charge in [0.1, 0.15) is 5.75 Å². The SMILES string of the molecule is CCCN(CCCn1c(=O)oc2ccccc21)Cc1ccccc1O. The molecule has 132 valence electrons. The van der Waals surface area contributed by atoms with Crippen molar-refractivity contribution in [3.8, 4) is 5.75 Å². The van der Waals surface area contributed by atoms with E-state index in [-0.39, 0.29) is 5.76 Å². The van der Waals surface area contributed by atoms with Gasteiger partial charge in [-0.25, -0.2) is 4.79 Å². The molecule has 0 aliphatic carbocycles. The lowest BCUT2D eigenvalue weighted by atomic mass is 10.2. The molecule has 0 aliphatic heterocycles. The molecule has 5 heteroatoms. The summed E-state index contributed by atoms with van der Waals surface area (Å²) in [5.74, 6) is 0.0320. The van der Waals surface area contributed by atoms with Crippen molar-refractivity contribution < 1.29 is 9.52 Å². The predicted molar refractivity (Wildman–Crippen MR) is 98.8 cm³/mol. The van der Waals surface area contributed by atoms with Crippen molar-refractivity contribution in [1.82, 2.24) is 9.47 Å². The molecule has 3 aromatic rings. The van der Waals surface area contributed by atoms with Gasteiger partial charge in [0.05, 0.1) is 5.52 Å². The van der Waals surface area contributed by atoms with E-state index in [2.05, 4.69) is 11.8 Å². The number of hydrogen-bond acceptors (Lipinski definition) is 4. The van der Waals surface area contributed by atoms with Gasteiger partial charge in [0.2, 0.25) is 0 Å². The largest absolute Gasteiger partial charge is 0.508 e. The van der Waals surface area contributed by atoms with Crippen LogP contribution in [0.1, 0.15) is 25.3 Å². The first-order chi connectivity index (χ1) is 12.2. The van der Waals surface area contributed by atoms with Gasteiger partial charge in [-0.15, -0.1) is 0 Å². The second kappa shape index (κ2) is 8.03. The Kier molecular flexibility index (Phi) is 5.56. The topological polar surface area (TPSA) is 58.6 Å². The molecule has 0 bridgehead atoms. The minimum absolute atomic E-state index is 0.302. The van der Waals surface area contributed by atoms with Gasteiger partial charge in [-0.2, -0.15) is 0 Å². The minimum Gasteiger partial charge on any atom is -0.508 e. The first kappa shape index (κ1) is 17.3. The maximum atomic E-state index is 12.0. The van der Waals surface area contributed by atoms with Gasteiger partial charge in [0.15, 0.2) is 5.58 Å². The van der Waals surface area contributed by atoms with Gasteiger partial charge in [-0.3, -0.25) is 9.47 Å². The molecule has 0 atom stereocenters. The number of oxazole rings is 1. The van der Waals surface area contributed by atoms with Crippen LogP contribution < -0.4 is 5.76 Å². The molecule has 1 heterocycles. The summed E-state index contributed by atoms with van der Waals surface area (Å²) in [4.78, 5) is 14.3. The third kappa shape index (κ3) is 4.12. The number of para-hydroxylation sites is 3. The van der Waals surface area contributed by atoms with Crippen molar-refractivity contribution >= 4 is 11.1 Å². The van der Waals surface area contributed by atoms with Crippen molar-refractivity contribution in [2.24, 2.45) is 0 Å². The van der Waals surface area contributed by atoms with Crippen LogP contribution in [0.4, 0.5) is 0 Å². The molecule has 0 spiro atoms. The Balaban J connectivity index is 1.64. The Labute approximate surface area is 147 Å². The Morgan fingerprint density at radius 3 is 2.64 bits per heavy atom. The van der Waals surface area contributed by atoms with Crippen LogP contribution in [0.15, 0.2) is 57.7 Å². The Morgan fingerprint density at radius 1 is 1.08 bits per heavy atom. The summed E-state index contributed by atoms with van der Waals surface area (Å²) in [7, 11) is 0. The summed E-state index contributed by atoms with van der Waals surface area (Å²) in [5.41, 5.74) is 2.41. The molecular weight excluding hydrogens is 316 g/mol. The number of phenolic OH excluding ortho intramolecular Hbond substituents is 1. The standard InChI is InChI=1S/C20H24N2O3/c1-2-12-21(15-16-8-3-5-10-18(16)23)13-7-14-22-17-9-4-6-11-19(17)25-20(22)24/h3-6,8-11,23H,2,7,12-15H2,1H3. The van der Waals surface area contributed by atoms with Crippen LogP contribution in [-0.4, -0.2) is 27.7 Å². The summed E-state index contributed by atoms with van der Waals surface area (Å²) in [5, 5.41) is 9.97. The van der Waals surface area contributed by atoms with Gasteiger partial charge in [-0.1, -0.05) is 37.3 Å². The van der Waals surface area contributed by atoms with Crippen LogP contribution in [-0.2, 0) is 13.1 Å². The molecule has 1 aromatic heterocycles. The summed E-state index contributed by atoms with van der Waals surface area (Å²) in [6.07, 6.45) is 1.89. The molecule has 0 saturated heterocycles. The number of rotatable bonds is 8. The Hall–Kier alpha value is -2.53. The van der Waals surface area contributed by atoms with E-state index in [4.69, 9.17) is 4.42 Å². The van der Waals surface area contributed by atoms with Crippen molar-refractivity contribution in [2.75, 3.05) is 13.1 Å². The number of hydrogen-bond donors (Lipinski definition) is 1. The molecule has 0 radical (unpaired) electrons. The first-order valence-electron chi connectivity index (χ1n) is 8.76. The molecule has 0 saturated carbocycles. The monoisotopic (exact) mass is 340 g/mol. The Bertz CT molecular complexity index is 882. The minimum atomic E-state index is -0.302. The van der Waals surface area contributed by atoms with E-state index in [1.165, 1.54) is 0 Å². The highest BCUT2D eigenvalue weighted by Gasteiger charge is 2.11. The molecule has 2 aromatic carbocycles. The lowest BCUT2D eigenvalue weighted by molar-refractivity contribution is 0.253. The fourth-order valence-corrected chi connectivity index (χ4v) is 3.15. The highest BCUT2D eigenvalue weighted by molar-refractivity contribution is 5.72. The van der Waals surface area contributed by atoms with Crippen molar-refractivity contribution in [3.05, 3.63) is 64.6 Å². The summed E-state index contributed by atoms with van der Waals surface area (Å²) < 4.78 is 6.97. The van der Waals surface area contributed by atoms with Crippen molar-refractivity contribution in [1.29, 1.82) is 0 Å². The van der Waals surface area contributed by atoms with Crippen LogP contribution in [0.5, 0.6) is 5.75 Å². The molecule has 0 amide bonds. The van der Waals surface area contributed by atoms with E-state index in [1.54, 1.807) is 10.6 Å². The zero-order valence-corrected chi connectivity index (χ0v) is 14.5. The second-order valence-electron chi connectivity index (χ2n) is 6.25. The fraction of sp³-hybridized carbons (Fsp3) is 0.350. The number of aromatic nitrogens is 1. The molecular formula is C20H24N2O3. The van der Waals surface area contributed by atoms with Crippen LogP contribution in [0.25, 0.3) is 11.1 Å². The number of aryl methyl sites for hydroxylation is 1. The maximum absolute atomic E-state index is 12.0. The number of fused-ring (bicyclic) bond motifs is 1. The van der Waals surface area contributed by atoms with Crippen LogP contribution in [0.3, 0.4) is 0 Å². The average Bonchev–Trinajstić information content (AvgIpc) is 2.93. The lowest BCUT2D eigenvalue weighted by Gasteiger charge is -2.22. The van der Waals surface area contributed by atoms with Gasteiger partial charge >= 0.3 is 5.76 Å². The normalized spacial score (nSPS) is 11.4. The fourth-order valence-electron chi connectivity index (χ4n) is 3.15. The Morgan fingerprint density at radius 2 is 1.84 bits per heavy atom. The van der Waals surface area contributed by atoms with E-state index in [1.807, 2.05) is 42.5 Å². The maximum Gasteiger partial charge on any atom is 0.419 e. The van der Waals surface area contributed by atoms with E-state index < -0.39 is 0 Å². The number of phenols is 1.